The van der Waals surface area contributed by atoms with E-state index < -0.39 is 5.91 Å². The van der Waals surface area contributed by atoms with E-state index >= 15 is 0 Å². The quantitative estimate of drug-likeness (QED) is 0.511. The average Bonchev–Trinajstić information content (AvgIpc) is 3.01. The molecule has 5 heteroatoms. The molecule has 0 atom stereocenters. The zero-order valence-corrected chi connectivity index (χ0v) is 12.1. The molecular weight excluding hydrogens is 290 g/mol. The fourth-order valence-electron chi connectivity index (χ4n) is 2.32. The minimum absolute atomic E-state index is 0.0120. The highest BCUT2D eigenvalue weighted by Crippen LogP contribution is 2.21. The number of aromatic hydroxyl groups is 1. The number of benzene rings is 2. The summed E-state index contributed by atoms with van der Waals surface area (Å²) < 4.78 is 0. The molecule has 0 spiro atoms. The summed E-state index contributed by atoms with van der Waals surface area (Å²) in [6.45, 7) is 0. The normalized spacial score (nSPS) is 11.2. The number of amides is 1. The van der Waals surface area contributed by atoms with Gasteiger partial charge in [0.2, 0.25) is 0 Å². The Morgan fingerprint density at radius 1 is 1.22 bits per heavy atom. The highest BCUT2D eigenvalue weighted by molar-refractivity contribution is 6.10. The van der Waals surface area contributed by atoms with Crippen LogP contribution in [0.25, 0.3) is 17.0 Å². The minimum Gasteiger partial charge on any atom is -0.508 e. The Morgan fingerprint density at radius 3 is 2.83 bits per heavy atom. The van der Waals surface area contributed by atoms with Crippen molar-refractivity contribution in [1.82, 2.24) is 4.98 Å². The molecule has 0 aliphatic carbocycles. The van der Waals surface area contributed by atoms with Crippen LogP contribution in [0.2, 0.25) is 0 Å². The number of nitriles is 1. The molecule has 0 aliphatic rings. The highest BCUT2D eigenvalue weighted by atomic mass is 16.3. The van der Waals surface area contributed by atoms with E-state index in [2.05, 4.69) is 10.3 Å². The Kier molecular flexibility index (Phi) is 3.81. The van der Waals surface area contributed by atoms with E-state index in [1.54, 1.807) is 24.4 Å². The van der Waals surface area contributed by atoms with Crippen molar-refractivity contribution in [2.75, 3.05) is 5.32 Å². The lowest BCUT2D eigenvalue weighted by atomic mass is 10.1. The van der Waals surface area contributed by atoms with Gasteiger partial charge in [-0.3, -0.25) is 4.79 Å². The smallest absolute Gasteiger partial charge is 0.266 e. The van der Waals surface area contributed by atoms with Crippen molar-refractivity contribution in [3.8, 4) is 11.8 Å². The summed E-state index contributed by atoms with van der Waals surface area (Å²) >= 11 is 0. The summed E-state index contributed by atoms with van der Waals surface area (Å²) in [5, 5.41) is 22.2. The molecule has 0 aliphatic heterocycles. The van der Waals surface area contributed by atoms with E-state index in [1.807, 2.05) is 30.3 Å². The van der Waals surface area contributed by atoms with Crippen molar-refractivity contribution in [2.45, 2.75) is 0 Å². The maximum Gasteiger partial charge on any atom is 0.266 e. The summed E-state index contributed by atoms with van der Waals surface area (Å²) in [4.78, 5) is 15.3. The molecule has 5 nitrogen and oxygen atoms in total. The topological polar surface area (TPSA) is 88.9 Å². The molecule has 0 unspecified atom stereocenters. The fraction of sp³-hybridized carbons (Fsp3) is 0. The molecule has 2 aromatic carbocycles. The minimum atomic E-state index is -0.523. The predicted octanol–water partition coefficient (Wildman–Crippen LogP) is 3.42. The third kappa shape index (κ3) is 3.06. The first-order chi connectivity index (χ1) is 11.2. The molecule has 0 saturated heterocycles. The van der Waals surface area contributed by atoms with Gasteiger partial charge >= 0.3 is 0 Å². The molecule has 0 saturated carbocycles. The van der Waals surface area contributed by atoms with Crippen molar-refractivity contribution in [3.05, 3.63) is 65.9 Å². The second-order valence-corrected chi connectivity index (χ2v) is 4.96. The number of rotatable bonds is 3. The number of hydrogen-bond acceptors (Lipinski definition) is 3. The predicted molar refractivity (Wildman–Crippen MR) is 88.6 cm³/mol. The number of hydrogen-bond donors (Lipinski definition) is 3. The van der Waals surface area contributed by atoms with Gasteiger partial charge < -0.3 is 15.4 Å². The maximum absolute atomic E-state index is 12.2. The SMILES string of the molecule is N#C/C(=C\c1cccc2[nH]ccc12)C(=O)Nc1cccc(O)c1. The van der Waals surface area contributed by atoms with Crippen molar-refractivity contribution in [2.24, 2.45) is 0 Å². The lowest BCUT2D eigenvalue weighted by Crippen LogP contribution is -2.13. The first-order valence-corrected chi connectivity index (χ1v) is 6.95. The first-order valence-electron chi connectivity index (χ1n) is 6.95. The fourth-order valence-corrected chi connectivity index (χ4v) is 2.32. The van der Waals surface area contributed by atoms with Gasteiger partial charge in [-0.2, -0.15) is 5.26 Å². The summed E-state index contributed by atoms with van der Waals surface area (Å²) in [6.07, 6.45) is 3.36. The van der Waals surface area contributed by atoms with Gasteiger partial charge in [0, 0.05) is 28.9 Å². The number of H-pyrrole nitrogens is 1. The van der Waals surface area contributed by atoms with Crippen LogP contribution in [0.4, 0.5) is 5.69 Å². The summed E-state index contributed by atoms with van der Waals surface area (Å²) in [5.74, 6) is -0.479. The zero-order valence-electron chi connectivity index (χ0n) is 12.1. The van der Waals surface area contributed by atoms with Crippen molar-refractivity contribution in [1.29, 1.82) is 5.26 Å². The Balaban J connectivity index is 1.91. The van der Waals surface area contributed by atoms with Crippen LogP contribution in [0.1, 0.15) is 5.56 Å². The lowest BCUT2D eigenvalue weighted by Gasteiger charge is -2.05. The Morgan fingerprint density at radius 2 is 2.04 bits per heavy atom. The van der Waals surface area contributed by atoms with E-state index in [0.29, 0.717) is 5.69 Å². The molecule has 3 rings (SSSR count). The molecule has 3 aromatic rings. The van der Waals surface area contributed by atoms with Gasteiger partial charge in [0.25, 0.3) is 5.91 Å². The van der Waals surface area contributed by atoms with E-state index in [4.69, 9.17) is 0 Å². The van der Waals surface area contributed by atoms with Gasteiger partial charge in [-0.1, -0.05) is 18.2 Å². The third-order valence-corrected chi connectivity index (χ3v) is 3.40. The number of phenols is 1. The van der Waals surface area contributed by atoms with Crippen LogP contribution in [-0.4, -0.2) is 16.0 Å². The second-order valence-electron chi connectivity index (χ2n) is 4.96. The number of nitrogens with one attached hydrogen (secondary N) is 2. The number of carbonyl (C=O) groups is 1. The van der Waals surface area contributed by atoms with Crippen LogP contribution < -0.4 is 5.32 Å². The maximum atomic E-state index is 12.2. The monoisotopic (exact) mass is 303 g/mol. The molecular formula is C18H13N3O2. The van der Waals surface area contributed by atoms with Gasteiger partial charge in [0.15, 0.2) is 0 Å². The van der Waals surface area contributed by atoms with E-state index in [9.17, 15) is 15.2 Å². The summed E-state index contributed by atoms with van der Waals surface area (Å²) in [7, 11) is 0. The van der Waals surface area contributed by atoms with Crippen molar-refractivity contribution in [3.63, 3.8) is 0 Å². The average molecular weight is 303 g/mol. The number of fused-ring (bicyclic) bond motifs is 1. The molecule has 0 fully saturated rings. The van der Waals surface area contributed by atoms with E-state index in [1.165, 1.54) is 12.1 Å². The molecule has 1 aromatic heterocycles. The summed E-state index contributed by atoms with van der Waals surface area (Å²) in [5.41, 5.74) is 2.13. The Labute approximate surface area is 132 Å². The Hall–Kier alpha value is -3.52. The standard InChI is InChI=1S/C18H13N3O2/c19-11-13(18(23)21-14-4-2-5-15(22)10-14)9-12-3-1-6-17-16(12)7-8-20-17/h1-10,20,22H,(H,21,23)/b13-9+. The highest BCUT2D eigenvalue weighted by Gasteiger charge is 2.11. The molecule has 0 bridgehead atoms. The van der Waals surface area contributed by atoms with Gasteiger partial charge in [-0.05, 0) is 35.9 Å². The molecule has 3 N–H and O–H groups in total. The van der Waals surface area contributed by atoms with E-state index in [0.717, 1.165) is 16.5 Å². The molecule has 1 amide bonds. The van der Waals surface area contributed by atoms with Crippen molar-refractivity contribution < 1.29 is 9.90 Å². The van der Waals surface area contributed by atoms with Crippen LogP contribution in [0, 0.1) is 11.3 Å². The van der Waals surface area contributed by atoms with Crippen molar-refractivity contribution >= 4 is 28.6 Å². The zero-order chi connectivity index (χ0) is 16.2. The molecule has 112 valence electrons. The van der Waals surface area contributed by atoms with Gasteiger partial charge in [0.1, 0.15) is 17.4 Å². The van der Waals surface area contributed by atoms with Crippen LogP contribution in [0.5, 0.6) is 5.75 Å². The van der Waals surface area contributed by atoms with Crippen LogP contribution in [0.3, 0.4) is 0 Å². The number of anilines is 1. The van der Waals surface area contributed by atoms with Gasteiger partial charge in [-0.15, -0.1) is 0 Å². The number of carbonyl (C=O) groups excluding carboxylic acids is 1. The first kappa shape index (κ1) is 14.4. The molecule has 1 heterocycles. The number of phenolic OH excluding ortho intramolecular Hbond substituents is 1. The third-order valence-electron chi connectivity index (χ3n) is 3.40. The largest absolute Gasteiger partial charge is 0.508 e. The van der Waals surface area contributed by atoms with Crippen LogP contribution in [0.15, 0.2) is 60.3 Å². The number of aromatic amines is 1. The number of aromatic nitrogens is 1. The summed E-state index contributed by atoms with van der Waals surface area (Å²) in [6, 6.07) is 15.6. The molecule has 0 radical (unpaired) electrons. The van der Waals surface area contributed by atoms with Crippen LogP contribution in [-0.2, 0) is 4.79 Å². The second kappa shape index (κ2) is 6.08. The van der Waals surface area contributed by atoms with Gasteiger partial charge in [0.05, 0.1) is 0 Å². The molecule has 23 heavy (non-hydrogen) atoms. The van der Waals surface area contributed by atoms with E-state index in [-0.39, 0.29) is 11.3 Å². The lowest BCUT2D eigenvalue weighted by molar-refractivity contribution is -0.112. The Bertz CT molecular complexity index is 948. The van der Waals surface area contributed by atoms with Crippen LogP contribution >= 0.6 is 0 Å². The van der Waals surface area contributed by atoms with Gasteiger partial charge in [-0.25, -0.2) is 0 Å². The number of nitrogens with zero attached hydrogens (tertiary/aromatic N) is 1.